The van der Waals surface area contributed by atoms with E-state index in [1.165, 1.54) is 24.3 Å². The van der Waals surface area contributed by atoms with Crippen LogP contribution in [0.2, 0.25) is 10.0 Å². The third-order valence-electron chi connectivity index (χ3n) is 4.43. The van der Waals surface area contributed by atoms with Gasteiger partial charge in [-0.25, -0.2) is 17.5 Å². The molecule has 1 heterocycles. The van der Waals surface area contributed by atoms with Crippen molar-refractivity contribution in [3.63, 3.8) is 0 Å². The standard InChI is InChI=1S/C19H15BrCl2FN3O2S/c1-2-14(25-29(27,28)19-16(21)5-12(20)6-17(19)22)10-26-9-11(8-24)15-7-13(23)3-4-18(15)26/h3-7,9,14,25H,2,10H2,1H3/t14-/m0/s1. The van der Waals surface area contributed by atoms with E-state index in [1.54, 1.807) is 16.8 Å². The Hall–Kier alpha value is -1.63. The van der Waals surface area contributed by atoms with Gasteiger partial charge in [0.25, 0.3) is 0 Å². The van der Waals surface area contributed by atoms with Gasteiger partial charge >= 0.3 is 0 Å². The van der Waals surface area contributed by atoms with E-state index in [0.717, 1.165) is 0 Å². The molecular weight excluding hydrogens is 504 g/mol. The molecule has 152 valence electrons. The van der Waals surface area contributed by atoms with Crippen LogP contribution >= 0.6 is 39.1 Å². The number of nitrogens with one attached hydrogen (secondary N) is 1. The minimum absolute atomic E-state index is 0.000356. The molecule has 0 aliphatic heterocycles. The smallest absolute Gasteiger partial charge is 0.243 e. The normalized spacial score (nSPS) is 12.8. The average molecular weight is 519 g/mol. The van der Waals surface area contributed by atoms with Gasteiger partial charge in [0.1, 0.15) is 16.8 Å². The molecular formula is C19H15BrCl2FN3O2S. The van der Waals surface area contributed by atoms with Crippen molar-refractivity contribution < 1.29 is 12.8 Å². The molecule has 0 aliphatic rings. The summed E-state index contributed by atoms with van der Waals surface area (Å²) < 4.78 is 44.3. The van der Waals surface area contributed by atoms with Crippen LogP contribution in [0.15, 0.2) is 45.9 Å². The highest BCUT2D eigenvalue weighted by Crippen LogP contribution is 2.33. The lowest BCUT2D eigenvalue weighted by Crippen LogP contribution is -2.37. The van der Waals surface area contributed by atoms with E-state index in [9.17, 15) is 18.1 Å². The van der Waals surface area contributed by atoms with Crippen molar-refractivity contribution in [1.29, 1.82) is 5.26 Å². The van der Waals surface area contributed by atoms with Gasteiger partial charge in [-0.05, 0) is 36.8 Å². The Kier molecular flexibility index (Phi) is 6.56. The fraction of sp³-hybridized carbons (Fsp3) is 0.211. The quantitative estimate of drug-likeness (QED) is 0.469. The minimum Gasteiger partial charge on any atom is -0.345 e. The second-order valence-corrected chi connectivity index (χ2v) is 9.77. The molecule has 10 heteroatoms. The van der Waals surface area contributed by atoms with Crippen molar-refractivity contribution in [3.05, 3.63) is 62.4 Å². The first-order valence-corrected chi connectivity index (χ1v) is 11.5. The monoisotopic (exact) mass is 517 g/mol. The van der Waals surface area contributed by atoms with Gasteiger partial charge in [0.05, 0.1) is 15.6 Å². The summed E-state index contributed by atoms with van der Waals surface area (Å²) in [6.07, 6.45) is 2.05. The highest BCUT2D eigenvalue weighted by atomic mass is 79.9. The molecule has 29 heavy (non-hydrogen) atoms. The van der Waals surface area contributed by atoms with Gasteiger partial charge < -0.3 is 4.57 Å². The Balaban J connectivity index is 1.94. The van der Waals surface area contributed by atoms with Gasteiger partial charge in [-0.2, -0.15) is 5.26 Å². The predicted octanol–water partition coefficient (Wildman–Crippen LogP) is 5.48. The lowest BCUT2D eigenvalue weighted by Gasteiger charge is -2.19. The van der Waals surface area contributed by atoms with Crippen LogP contribution in [0.5, 0.6) is 0 Å². The van der Waals surface area contributed by atoms with E-state index in [1.807, 2.05) is 13.0 Å². The molecule has 5 nitrogen and oxygen atoms in total. The molecule has 0 unspecified atom stereocenters. The SMILES string of the molecule is CC[C@@H](Cn1cc(C#N)c2cc(F)ccc21)NS(=O)(=O)c1c(Cl)cc(Br)cc1Cl. The van der Waals surface area contributed by atoms with Crippen LogP contribution in [0.1, 0.15) is 18.9 Å². The predicted molar refractivity (Wildman–Crippen MR) is 115 cm³/mol. The number of hydrogen-bond acceptors (Lipinski definition) is 3. The lowest BCUT2D eigenvalue weighted by atomic mass is 10.2. The molecule has 2 aromatic carbocycles. The second kappa shape index (κ2) is 8.62. The molecule has 3 rings (SSSR count). The Labute approximate surface area is 186 Å². The number of nitriles is 1. The summed E-state index contributed by atoms with van der Waals surface area (Å²) in [6, 6.07) is 8.59. The summed E-state index contributed by atoms with van der Waals surface area (Å²) >= 11 is 15.4. The number of aromatic nitrogens is 1. The van der Waals surface area contributed by atoms with E-state index in [4.69, 9.17) is 23.2 Å². The van der Waals surface area contributed by atoms with Crippen LogP contribution in [0.3, 0.4) is 0 Å². The minimum atomic E-state index is -4.00. The van der Waals surface area contributed by atoms with E-state index in [2.05, 4.69) is 20.7 Å². The summed E-state index contributed by atoms with van der Waals surface area (Å²) in [4.78, 5) is -0.195. The fourth-order valence-corrected chi connectivity index (χ4v) is 6.31. The van der Waals surface area contributed by atoms with E-state index in [0.29, 0.717) is 27.4 Å². The van der Waals surface area contributed by atoms with Gasteiger partial charge in [-0.15, -0.1) is 0 Å². The summed E-state index contributed by atoms with van der Waals surface area (Å²) in [6.45, 7) is 2.07. The molecule has 0 aliphatic carbocycles. The van der Waals surface area contributed by atoms with Gasteiger partial charge in [-0.1, -0.05) is 46.1 Å². The van der Waals surface area contributed by atoms with Crippen LogP contribution in [0, 0.1) is 17.1 Å². The van der Waals surface area contributed by atoms with E-state index >= 15 is 0 Å². The highest BCUT2D eigenvalue weighted by molar-refractivity contribution is 9.10. The lowest BCUT2D eigenvalue weighted by molar-refractivity contribution is 0.491. The first-order chi connectivity index (χ1) is 13.7. The van der Waals surface area contributed by atoms with E-state index < -0.39 is 21.9 Å². The van der Waals surface area contributed by atoms with Crippen LogP contribution < -0.4 is 4.72 Å². The number of hydrogen-bond donors (Lipinski definition) is 1. The summed E-state index contributed by atoms with van der Waals surface area (Å²) in [5.41, 5.74) is 0.955. The van der Waals surface area contributed by atoms with Gasteiger partial charge in [-0.3, -0.25) is 0 Å². The first kappa shape index (κ1) is 22.1. The summed E-state index contributed by atoms with van der Waals surface area (Å²) in [7, 11) is -4.00. The van der Waals surface area contributed by atoms with Crippen molar-refractivity contribution >= 4 is 60.1 Å². The molecule has 0 fully saturated rings. The van der Waals surface area contributed by atoms with Crippen LogP contribution in [0.25, 0.3) is 10.9 Å². The third-order valence-corrected chi connectivity index (χ3v) is 7.33. The van der Waals surface area contributed by atoms with Crippen LogP contribution in [-0.4, -0.2) is 19.0 Å². The van der Waals surface area contributed by atoms with E-state index in [-0.39, 0.29) is 21.5 Å². The molecule has 0 spiro atoms. The number of fused-ring (bicyclic) bond motifs is 1. The Morgan fingerprint density at radius 3 is 2.52 bits per heavy atom. The maximum Gasteiger partial charge on any atom is 0.243 e. The first-order valence-electron chi connectivity index (χ1n) is 8.51. The van der Waals surface area contributed by atoms with Gasteiger partial charge in [0, 0.05) is 34.2 Å². The Bertz CT molecular complexity index is 1220. The third kappa shape index (κ3) is 4.60. The maximum atomic E-state index is 13.6. The van der Waals surface area contributed by atoms with Gasteiger partial charge in [0.15, 0.2) is 0 Å². The summed E-state index contributed by atoms with van der Waals surface area (Å²) in [5, 5.41) is 9.80. The Morgan fingerprint density at radius 2 is 1.93 bits per heavy atom. The van der Waals surface area contributed by atoms with Crippen molar-refractivity contribution in [2.45, 2.75) is 30.8 Å². The highest BCUT2D eigenvalue weighted by Gasteiger charge is 2.26. The van der Waals surface area contributed by atoms with Crippen molar-refractivity contribution in [2.75, 3.05) is 0 Å². The number of rotatable bonds is 6. The number of benzene rings is 2. The maximum absolute atomic E-state index is 13.6. The molecule has 0 saturated heterocycles. The molecule has 0 bridgehead atoms. The zero-order chi connectivity index (χ0) is 21.3. The largest absolute Gasteiger partial charge is 0.345 e. The molecule has 3 aromatic rings. The molecule has 0 amide bonds. The zero-order valence-corrected chi connectivity index (χ0v) is 19.0. The second-order valence-electron chi connectivity index (χ2n) is 6.39. The van der Waals surface area contributed by atoms with Crippen LogP contribution in [0.4, 0.5) is 4.39 Å². The molecule has 0 radical (unpaired) electrons. The number of sulfonamides is 1. The molecule has 1 N–H and O–H groups in total. The van der Waals surface area contributed by atoms with Crippen molar-refractivity contribution in [3.8, 4) is 6.07 Å². The molecule has 0 saturated carbocycles. The Morgan fingerprint density at radius 1 is 1.28 bits per heavy atom. The topological polar surface area (TPSA) is 74.9 Å². The zero-order valence-electron chi connectivity index (χ0n) is 15.1. The van der Waals surface area contributed by atoms with Crippen LogP contribution in [-0.2, 0) is 16.6 Å². The average Bonchev–Trinajstić information content (AvgIpc) is 2.96. The van der Waals surface area contributed by atoms with Crippen molar-refractivity contribution in [2.24, 2.45) is 0 Å². The summed E-state index contributed by atoms with van der Waals surface area (Å²) in [5.74, 6) is -0.445. The molecule has 1 aromatic heterocycles. The fourth-order valence-electron chi connectivity index (χ4n) is 3.06. The molecule has 1 atom stereocenters. The number of halogens is 4. The number of nitrogens with zero attached hydrogens (tertiary/aromatic N) is 2. The van der Waals surface area contributed by atoms with Crippen molar-refractivity contribution in [1.82, 2.24) is 9.29 Å². The van der Waals surface area contributed by atoms with Gasteiger partial charge in [0.2, 0.25) is 10.0 Å².